The number of hydrogen-bond acceptors (Lipinski definition) is 3. The number of ketones is 2. The maximum Gasteiger partial charge on any atom is 0.177 e. The number of carbonyl (C=O) groups is 2. The average molecular weight is 331 g/mol. The highest BCUT2D eigenvalue weighted by molar-refractivity contribution is 6.31. The van der Waals surface area contributed by atoms with Gasteiger partial charge in [-0.1, -0.05) is 36.4 Å². The molecule has 2 aromatic rings. The smallest absolute Gasteiger partial charge is 0.177 e. The summed E-state index contributed by atoms with van der Waals surface area (Å²) in [5, 5.41) is 0. The monoisotopic (exact) mass is 331 g/mol. The van der Waals surface area contributed by atoms with Gasteiger partial charge in [0, 0.05) is 23.0 Å². The van der Waals surface area contributed by atoms with Crippen molar-refractivity contribution >= 4 is 11.6 Å². The van der Waals surface area contributed by atoms with Crippen LogP contribution in [0.4, 0.5) is 0 Å². The first-order valence-electron chi connectivity index (χ1n) is 9.00. The summed E-state index contributed by atoms with van der Waals surface area (Å²) in [4.78, 5) is 31.2. The van der Waals surface area contributed by atoms with Crippen molar-refractivity contribution in [1.29, 1.82) is 0 Å². The molecule has 1 heterocycles. The Bertz CT molecular complexity index is 809. The first-order chi connectivity index (χ1) is 12.2. The zero-order chi connectivity index (χ0) is 17.3. The van der Waals surface area contributed by atoms with E-state index in [-0.39, 0.29) is 11.6 Å². The fourth-order valence-electron chi connectivity index (χ4n) is 4.24. The van der Waals surface area contributed by atoms with Crippen LogP contribution in [0, 0.1) is 0 Å². The van der Waals surface area contributed by atoms with Crippen LogP contribution in [0.3, 0.4) is 0 Å². The molecule has 0 spiro atoms. The van der Waals surface area contributed by atoms with Gasteiger partial charge in [0.25, 0.3) is 0 Å². The van der Waals surface area contributed by atoms with E-state index in [2.05, 4.69) is 4.98 Å². The largest absolute Gasteiger partial charge is 0.293 e. The molecular weight excluding hydrogens is 310 g/mol. The Balaban J connectivity index is 1.76. The molecule has 0 radical (unpaired) electrons. The van der Waals surface area contributed by atoms with Crippen molar-refractivity contribution in [3.8, 4) is 0 Å². The van der Waals surface area contributed by atoms with Gasteiger partial charge in [-0.25, -0.2) is 0 Å². The molecule has 3 heteroatoms. The van der Waals surface area contributed by atoms with Crippen molar-refractivity contribution in [2.24, 2.45) is 0 Å². The number of allylic oxidation sites excluding steroid dienone is 2. The van der Waals surface area contributed by atoms with E-state index in [0.717, 1.165) is 48.1 Å². The molecule has 0 amide bonds. The highest BCUT2D eigenvalue weighted by atomic mass is 16.2. The minimum absolute atomic E-state index is 0.0364. The second-order valence-corrected chi connectivity index (χ2v) is 6.91. The van der Waals surface area contributed by atoms with Crippen molar-refractivity contribution < 1.29 is 9.59 Å². The van der Waals surface area contributed by atoms with Crippen LogP contribution in [0.25, 0.3) is 0 Å². The third-order valence-electron chi connectivity index (χ3n) is 5.54. The van der Waals surface area contributed by atoms with Crippen LogP contribution >= 0.6 is 0 Å². The molecule has 2 aliphatic rings. The first kappa shape index (κ1) is 15.9. The van der Waals surface area contributed by atoms with Gasteiger partial charge in [-0.15, -0.1) is 0 Å². The Morgan fingerprint density at radius 3 is 2.08 bits per heavy atom. The molecule has 2 aliphatic carbocycles. The second-order valence-electron chi connectivity index (χ2n) is 6.91. The lowest BCUT2D eigenvalue weighted by molar-refractivity contribution is -0.129. The number of carbonyl (C=O) groups excluding carboxylic acids is 2. The van der Waals surface area contributed by atoms with Gasteiger partial charge in [0.15, 0.2) is 11.6 Å². The average Bonchev–Trinajstić information content (AvgIpc) is 2.90. The van der Waals surface area contributed by atoms with E-state index in [9.17, 15) is 9.59 Å². The second kappa shape index (κ2) is 6.40. The van der Waals surface area contributed by atoms with Gasteiger partial charge < -0.3 is 0 Å². The summed E-state index contributed by atoms with van der Waals surface area (Å²) in [5.74, 6) is 0.0728. The predicted octanol–water partition coefficient (Wildman–Crippen LogP) is 3.97. The molecule has 25 heavy (non-hydrogen) atoms. The lowest BCUT2D eigenvalue weighted by Crippen LogP contribution is -2.40. The van der Waals surface area contributed by atoms with Gasteiger partial charge in [0.05, 0.1) is 0 Å². The molecule has 0 saturated heterocycles. The highest BCUT2D eigenvalue weighted by Gasteiger charge is 2.54. The van der Waals surface area contributed by atoms with E-state index >= 15 is 0 Å². The van der Waals surface area contributed by atoms with E-state index in [1.165, 1.54) is 0 Å². The molecule has 0 saturated carbocycles. The van der Waals surface area contributed by atoms with Crippen LogP contribution in [0.15, 0.2) is 65.9 Å². The predicted molar refractivity (Wildman–Crippen MR) is 96.2 cm³/mol. The summed E-state index contributed by atoms with van der Waals surface area (Å²) < 4.78 is 0. The van der Waals surface area contributed by atoms with Crippen LogP contribution < -0.4 is 0 Å². The fourth-order valence-corrected chi connectivity index (χ4v) is 4.24. The van der Waals surface area contributed by atoms with E-state index in [4.69, 9.17) is 0 Å². The van der Waals surface area contributed by atoms with E-state index in [1.54, 1.807) is 6.20 Å². The zero-order valence-electron chi connectivity index (χ0n) is 14.2. The Labute approximate surface area is 147 Å². The highest BCUT2D eigenvalue weighted by Crippen LogP contribution is 2.46. The number of nitrogens with zero attached hydrogens (tertiary/aromatic N) is 1. The number of benzene rings is 1. The number of aromatic nitrogens is 1. The molecular formula is C22H21NO2. The van der Waals surface area contributed by atoms with Gasteiger partial charge in [-0.3, -0.25) is 14.6 Å². The van der Waals surface area contributed by atoms with Crippen molar-refractivity contribution in [3.05, 3.63) is 77.1 Å². The zero-order valence-corrected chi connectivity index (χ0v) is 14.2. The normalized spacial score (nSPS) is 19.2. The van der Waals surface area contributed by atoms with Gasteiger partial charge in [-0.05, 0) is 56.2 Å². The third-order valence-corrected chi connectivity index (χ3v) is 5.54. The minimum Gasteiger partial charge on any atom is -0.293 e. The molecule has 0 aliphatic heterocycles. The third kappa shape index (κ3) is 2.55. The maximum atomic E-state index is 13.4. The standard InChI is InChI=1S/C22H21NO2/c24-20-18-11-4-5-12-19(18)21(25)22(20,16-8-2-1-3-9-16)14-13-17-10-6-7-15-23-17/h1-3,6-10,15H,4-5,11-14H2. The molecule has 0 atom stereocenters. The summed E-state index contributed by atoms with van der Waals surface area (Å²) >= 11 is 0. The summed E-state index contributed by atoms with van der Waals surface area (Å²) in [6.07, 6.45) is 6.36. The summed E-state index contributed by atoms with van der Waals surface area (Å²) in [6, 6.07) is 15.4. The quantitative estimate of drug-likeness (QED) is 0.796. The fraction of sp³-hybridized carbons (Fsp3) is 0.318. The first-order valence-corrected chi connectivity index (χ1v) is 9.00. The van der Waals surface area contributed by atoms with E-state index < -0.39 is 5.41 Å². The number of Topliss-reactive ketones (excluding diaryl/α,β-unsaturated/α-hetero) is 2. The molecule has 3 nitrogen and oxygen atoms in total. The molecule has 126 valence electrons. The lowest BCUT2D eigenvalue weighted by atomic mass is 9.71. The molecule has 1 aromatic heterocycles. The van der Waals surface area contributed by atoms with Crippen LogP contribution in [-0.2, 0) is 21.4 Å². The number of aryl methyl sites for hydroxylation is 1. The summed E-state index contributed by atoms with van der Waals surface area (Å²) in [7, 11) is 0. The molecule has 4 rings (SSSR count). The Kier molecular flexibility index (Phi) is 4.08. The van der Waals surface area contributed by atoms with Crippen molar-refractivity contribution in [3.63, 3.8) is 0 Å². The van der Waals surface area contributed by atoms with Crippen molar-refractivity contribution in [1.82, 2.24) is 4.98 Å². The van der Waals surface area contributed by atoms with Crippen molar-refractivity contribution in [2.45, 2.75) is 43.9 Å². The lowest BCUT2D eigenvalue weighted by Gasteiger charge is -2.27. The Morgan fingerprint density at radius 2 is 1.48 bits per heavy atom. The Hall–Kier alpha value is -2.55. The van der Waals surface area contributed by atoms with Crippen LogP contribution in [0.5, 0.6) is 0 Å². The SMILES string of the molecule is O=C1C2=C(CCCC2)C(=O)C1(CCc1ccccn1)c1ccccc1. The van der Waals surface area contributed by atoms with Crippen molar-refractivity contribution in [2.75, 3.05) is 0 Å². The number of hydrogen-bond donors (Lipinski definition) is 0. The number of pyridine rings is 1. The van der Waals surface area contributed by atoms with E-state index in [0.29, 0.717) is 12.8 Å². The van der Waals surface area contributed by atoms with E-state index in [1.807, 2.05) is 48.5 Å². The summed E-state index contributed by atoms with van der Waals surface area (Å²) in [5.41, 5.74) is 2.29. The van der Waals surface area contributed by atoms with Crippen LogP contribution in [0.2, 0.25) is 0 Å². The molecule has 0 bridgehead atoms. The van der Waals surface area contributed by atoms with Crippen LogP contribution in [0.1, 0.15) is 43.4 Å². The molecule has 0 N–H and O–H groups in total. The summed E-state index contributed by atoms with van der Waals surface area (Å²) in [6.45, 7) is 0. The minimum atomic E-state index is -1.05. The molecule has 0 unspecified atom stereocenters. The Morgan fingerprint density at radius 1 is 0.840 bits per heavy atom. The molecule has 1 aromatic carbocycles. The maximum absolute atomic E-state index is 13.4. The van der Waals surface area contributed by atoms with Crippen LogP contribution in [-0.4, -0.2) is 16.6 Å². The van der Waals surface area contributed by atoms with Gasteiger partial charge >= 0.3 is 0 Å². The topological polar surface area (TPSA) is 47.0 Å². The van der Waals surface area contributed by atoms with Gasteiger partial charge in [0.2, 0.25) is 0 Å². The molecule has 0 fully saturated rings. The van der Waals surface area contributed by atoms with Gasteiger partial charge in [0.1, 0.15) is 5.41 Å². The number of rotatable bonds is 4. The van der Waals surface area contributed by atoms with Gasteiger partial charge in [-0.2, -0.15) is 0 Å².